The molecule has 1 aliphatic rings. The van der Waals surface area contributed by atoms with Crippen LogP contribution in [-0.4, -0.2) is 24.4 Å². The molecule has 20 heavy (non-hydrogen) atoms. The molecule has 3 N–H and O–H groups in total. The van der Waals surface area contributed by atoms with Crippen molar-refractivity contribution in [1.29, 1.82) is 0 Å². The van der Waals surface area contributed by atoms with Crippen LogP contribution in [0.15, 0.2) is 24.3 Å². The predicted molar refractivity (Wildman–Crippen MR) is 82.2 cm³/mol. The number of piperidine rings is 1. The predicted octanol–water partition coefficient (Wildman–Crippen LogP) is 1.91. The van der Waals surface area contributed by atoms with Crippen LogP contribution >= 0.6 is 12.4 Å². The van der Waals surface area contributed by atoms with Gasteiger partial charge in [-0.25, -0.2) is 0 Å². The molecule has 110 valence electrons. The average molecular weight is 298 g/mol. The molecule has 6 heteroatoms. The summed E-state index contributed by atoms with van der Waals surface area (Å²) < 4.78 is 0. The van der Waals surface area contributed by atoms with Crippen molar-refractivity contribution in [2.75, 3.05) is 16.8 Å². The van der Waals surface area contributed by atoms with Gasteiger partial charge in [0.15, 0.2) is 0 Å². The third-order valence-electron chi connectivity index (χ3n) is 3.16. The van der Waals surface area contributed by atoms with Gasteiger partial charge in [0, 0.05) is 24.3 Å². The van der Waals surface area contributed by atoms with Gasteiger partial charge in [0.1, 0.15) is 0 Å². The van der Waals surface area contributed by atoms with Crippen LogP contribution in [0.4, 0.5) is 11.4 Å². The Hall–Kier alpha value is -1.59. The first-order valence-electron chi connectivity index (χ1n) is 6.55. The summed E-state index contributed by atoms with van der Waals surface area (Å²) in [5.41, 5.74) is 7.00. The summed E-state index contributed by atoms with van der Waals surface area (Å²) >= 11 is 0. The number of benzene rings is 1. The van der Waals surface area contributed by atoms with E-state index in [2.05, 4.69) is 5.32 Å². The Balaban J connectivity index is 0.00000200. The second-order valence-electron chi connectivity index (χ2n) is 4.83. The molecule has 1 aliphatic heterocycles. The van der Waals surface area contributed by atoms with Crippen molar-refractivity contribution in [3.8, 4) is 0 Å². The van der Waals surface area contributed by atoms with Crippen molar-refractivity contribution in [2.45, 2.75) is 32.2 Å². The number of nitrogens with two attached hydrogens (primary N) is 1. The van der Waals surface area contributed by atoms with Gasteiger partial charge < -0.3 is 16.0 Å². The monoisotopic (exact) mass is 297 g/mol. The third kappa shape index (κ3) is 3.95. The van der Waals surface area contributed by atoms with E-state index in [0.717, 1.165) is 25.1 Å². The molecule has 5 nitrogen and oxygen atoms in total. The number of halogens is 1. The van der Waals surface area contributed by atoms with Crippen LogP contribution in [0.25, 0.3) is 0 Å². The number of amides is 2. The molecule has 1 heterocycles. The lowest BCUT2D eigenvalue weighted by Gasteiger charge is -2.27. The maximum absolute atomic E-state index is 11.9. The number of carbonyl (C=O) groups is 2. The molecule has 0 spiro atoms. The van der Waals surface area contributed by atoms with Gasteiger partial charge in [-0.1, -0.05) is 6.07 Å². The van der Waals surface area contributed by atoms with Gasteiger partial charge in [0.05, 0.1) is 6.04 Å². The third-order valence-corrected chi connectivity index (χ3v) is 3.16. The first-order chi connectivity index (χ1) is 9.08. The van der Waals surface area contributed by atoms with E-state index >= 15 is 0 Å². The van der Waals surface area contributed by atoms with Gasteiger partial charge >= 0.3 is 0 Å². The second-order valence-corrected chi connectivity index (χ2v) is 4.83. The van der Waals surface area contributed by atoms with E-state index in [1.807, 2.05) is 18.2 Å². The van der Waals surface area contributed by atoms with E-state index in [4.69, 9.17) is 5.73 Å². The Kier molecular flexibility index (Phi) is 5.98. The molecule has 0 aromatic heterocycles. The Morgan fingerprint density at radius 1 is 1.40 bits per heavy atom. The van der Waals surface area contributed by atoms with Crippen LogP contribution in [0.3, 0.4) is 0 Å². The van der Waals surface area contributed by atoms with E-state index in [1.165, 1.54) is 0 Å². The minimum absolute atomic E-state index is 0. The Bertz CT molecular complexity index is 491. The fourth-order valence-electron chi connectivity index (χ4n) is 2.09. The van der Waals surface area contributed by atoms with Gasteiger partial charge in [0.25, 0.3) is 0 Å². The summed E-state index contributed by atoms with van der Waals surface area (Å²) in [6, 6.07) is 6.75. The largest absolute Gasteiger partial charge is 0.325 e. The van der Waals surface area contributed by atoms with Gasteiger partial charge in [-0.2, -0.15) is 0 Å². The van der Waals surface area contributed by atoms with Crippen molar-refractivity contribution in [3.05, 3.63) is 24.3 Å². The maximum Gasteiger partial charge on any atom is 0.240 e. The lowest BCUT2D eigenvalue weighted by molar-refractivity contribution is -0.119. The van der Waals surface area contributed by atoms with Gasteiger partial charge in [-0.15, -0.1) is 12.4 Å². The van der Waals surface area contributed by atoms with Gasteiger partial charge in [-0.3, -0.25) is 9.59 Å². The first-order valence-corrected chi connectivity index (χ1v) is 6.55. The fraction of sp³-hybridized carbons (Fsp3) is 0.429. The first kappa shape index (κ1) is 16.5. The van der Waals surface area contributed by atoms with Crippen molar-refractivity contribution >= 4 is 35.6 Å². The molecule has 0 bridgehead atoms. The molecule has 1 fully saturated rings. The number of nitrogens with zero attached hydrogens (tertiary/aromatic N) is 1. The quantitative estimate of drug-likeness (QED) is 0.895. The Morgan fingerprint density at radius 2 is 2.15 bits per heavy atom. The molecule has 1 aromatic carbocycles. The molecular weight excluding hydrogens is 278 g/mol. The highest BCUT2D eigenvalue weighted by Gasteiger charge is 2.19. The minimum atomic E-state index is -0.555. The second kappa shape index (κ2) is 7.26. The Morgan fingerprint density at radius 3 is 2.80 bits per heavy atom. The fourth-order valence-corrected chi connectivity index (χ4v) is 2.09. The summed E-state index contributed by atoms with van der Waals surface area (Å²) in [4.78, 5) is 25.2. The molecule has 0 radical (unpaired) electrons. The summed E-state index contributed by atoms with van der Waals surface area (Å²) in [5.74, 6) is -0.0935. The van der Waals surface area contributed by atoms with Crippen molar-refractivity contribution < 1.29 is 9.59 Å². The lowest BCUT2D eigenvalue weighted by Crippen LogP contribution is -2.35. The summed E-state index contributed by atoms with van der Waals surface area (Å²) in [6.07, 6.45) is 2.56. The van der Waals surface area contributed by atoms with E-state index in [0.29, 0.717) is 12.1 Å². The standard InChI is InChI=1S/C14H19N3O2.ClH/c1-10(15)14(19)16-11-5-4-6-12(9-11)17-8-3-2-7-13(17)18;/h4-6,9-10H,2-3,7-8,15H2,1H3,(H,16,19);1H. The molecule has 2 rings (SSSR count). The lowest BCUT2D eigenvalue weighted by atomic mass is 10.1. The summed E-state index contributed by atoms with van der Waals surface area (Å²) in [7, 11) is 0. The highest BCUT2D eigenvalue weighted by molar-refractivity contribution is 5.97. The van der Waals surface area contributed by atoms with E-state index in [1.54, 1.807) is 17.9 Å². The smallest absolute Gasteiger partial charge is 0.240 e. The molecule has 0 aliphatic carbocycles. The number of anilines is 2. The van der Waals surface area contributed by atoms with Crippen molar-refractivity contribution in [2.24, 2.45) is 5.73 Å². The van der Waals surface area contributed by atoms with Crippen LogP contribution in [0.5, 0.6) is 0 Å². The maximum atomic E-state index is 11.9. The van der Waals surface area contributed by atoms with Crippen molar-refractivity contribution in [1.82, 2.24) is 0 Å². The molecule has 1 saturated heterocycles. The molecule has 1 unspecified atom stereocenters. The molecule has 1 aromatic rings. The van der Waals surface area contributed by atoms with Crippen molar-refractivity contribution in [3.63, 3.8) is 0 Å². The normalized spacial score (nSPS) is 16.3. The summed E-state index contributed by atoms with van der Waals surface area (Å²) in [6.45, 7) is 2.37. The average Bonchev–Trinajstić information content (AvgIpc) is 2.39. The van der Waals surface area contributed by atoms with Crippen LogP contribution < -0.4 is 16.0 Å². The summed E-state index contributed by atoms with van der Waals surface area (Å²) in [5, 5.41) is 2.73. The topological polar surface area (TPSA) is 75.4 Å². The zero-order chi connectivity index (χ0) is 13.8. The van der Waals surface area contributed by atoms with Crippen LogP contribution in [0, 0.1) is 0 Å². The highest BCUT2D eigenvalue weighted by Crippen LogP contribution is 2.23. The van der Waals surface area contributed by atoms with E-state index < -0.39 is 6.04 Å². The van der Waals surface area contributed by atoms with Crippen LogP contribution in [-0.2, 0) is 9.59 Å². The Labute approximate surface area is 124 Å². The minimum Gasteiger partial charge on any atom is -0.325 e. The number of nitrogens with one attached hydrogen (secondary N) is 1. The van der Waals surface area contributed by atoms with Crippen LogP contribution in [0.1, 0.15) is 26.2 Å². The van der Waals surface area contributed by atoms with Gasteiger partial charge in [0.2, 0.25) is 11.8 Å². The molecular formula is C14H20ClN3O2. The number of carbonyl (C=O) groups excluding carboxylic acids is 2. The zero-order valence-corrected chi connectivity index (χ0v) is 12.3. The number of rotatable bonds is 3. The highest BCUT2D eigenvalue weighted by atomic mass is 35.5. The zero-order valence-electron chi connectivity index (χ0n) is 11.5. The molecule has 0 saturated carbocycles. The van der Waals surface area contributed by atoms with E-state index in [-0.39, 0.29) is 24.2 Å². The number of hydrogen-bond donors (Lipinski definition) is 2. The van der Waals surface area contributed by atoms with Gasteiger partial charge in [-0.05, 0) is 38.0 Å². The molecule has 1 atom stereocenters. The molecule has 2 amide bonds. The SMILES string of the molecule is CC(N)C(=O)Nc1cccc(N2CCCCC2=O)c1.Cl. The van der Waals surface area contributed by atoms with Crippen LogP contribution in [0.2, 0.25) is 0 Å². The van der Waals surface area contributed by atoms with E-state index in [9.17, 15) is 9.59 Å². The number of hydrogen-bond acceptors (Lipinski definition) is 3.